The summed E-state index contributed by atoms with van der Waals surface area (Å²) < 4.78 is 66.1. The molecule has 0 unspecified atom stereocenters. The van der Waals surface area contributed by atoms with Crippen LogP contribution < -0.4 is 0 Å². The molecule has 0 atom stereocenters. The third-order valence-corrected chi connectivity index (χ3v) is 6.08. The topological polar surface area (TPSA) is 43.6 Å². The van der Waals surface area contributed by atoms with Gasteiger partial charge in [-0.2, -0.15) is 22.0 Å². The van der Waals surface area contributed by atoms with E-state index in [1.54, 1.807) is 6.20 Å². The van der Waals surface area contributed by atoms with Gasteiger partial charge in [0.1, 0.15) is 5.69 Å². The number of aromatic nitrogens is 4. The molecule has 1 aliphatic carbocycles. The van der Waals surface area contributed by atoms with Crippen LogP contribution in [0, 0.1) is 0 Å². The Balaban J connectivity index is 1.72. The summed E-state index contributed by atoms with van der Waals surface area (Å²) in [5.74, 6) is -4.44. The monoisotopic (exact) mass is 466 g/mol. The summed E-state index contributed by atoms with van der Waals surface area (Å²) >= 11 is 1.46. The molecule has 1 aromatic carbocycles. The predicted octanol–water partition coefficient (Wildman–Crippen LogP) is 6.70. The number of rotatable bonds is 6. The first-order chi connectivity index (χ1) is 15.2. The molecule has 0 N–H and O–H groups in total. The molecule has 4 rings (SSSR count). The van der Waals surface area contributed by atoms with Crippen molar-refractivity contribution in [3.63, 3.8) is 0 Å². The van der Waals surface area contributed by atoms with E-state index in [0.717, 1.165) is 15.7 Å². The number of hydrogen-bond donors (Lipinski definition) is 0. The van der Waals surface area contributed by atoms with Crippen LogP contribution in [-0.4, -0.2) is 31.7 Å². The highest BCUT2D eigenvalue weighted by atomic mass is 32.2. The van der Waals surface area contributed by atoms with Gasteiger partial charge < -0.3 is 4.57 Å². The number of thioether (sulfide) groups is 1. The number of allylic oxidation sites excluding steroid dienone is 1. The van der Waals surface area contributed by atoms with Gasteiger partial charge in [-0.25, -0.2) is 0 Å². The normalized spacial score (nSPS) is 15.1. The van der Waals surface area contributed by atoms with Gasteiger partial charge in [-0.05, 0) is 41.7 Å². The maximum atomic E-state index is 14.1. The number of benzene rings is 1. The van der Waals surface area contributed by atoms with Gasteiger partial charge in [0.25, 0.3) is 0 Å². The smallest absolute Gasteiger partial charge is 0.307 e. The van der Waals surface area contributed by atoms with E-state index in [4.69, 9.17) is 0 Å². The minimum absolute atomic E-state index is 0.0386. The fourth-order valence-electron chi connectivity index (χ4n) is 3.35. The Hall–Kier alpha value is -2.75. The van der Waals surface area contributed by atoms with Crippen LogP contribution in [0.4, 0.5) is 22.0 Å². The molecule has 10 heteroatoms. The van der Waals surface area contributed by atoms with Crippen LogP contribution >= 0.6 is 11.8 Å². The second-order valence-corrected chi connectivity index (χ2v) is 8.74. The Kier molecular flexibility index (Phi) is 6.07. The van der Waals surface area contributed by atoms with Gasteiger partial charge in [-0.3, -0.25) is 4.98 Å². The SMILES string of the molecule is CCSc1cc(-c2ccc(C3CC3)cc2)cnc1-c1nnc(/C(F)=C(/F)C(F)(F)F)n1C. The highest BCUT2D eigenvalue weighted by molar-refractivity contribution is 7.99. The Morgan fingerprint density at radius 1 is 1.09 bits per heavy atom. The highest BCUT2D eigenvalue weighted by Crippen LogP contribution is 2.41. The third kappa shape index (κ3) is 4.41. The largest absolute Gasteiger partial charge is 0.446 e. The summed E-state index contributed by atoms with van der Waals surface area (Å²) in [5.41, 5.74) is 3.49. The third-order valence-electron chi connectivity index (χ3n) is 5.17. The molecule has 0 amide bonds. The average Bonchev–Trinajstić information content (AvgIpc) is 3.55. The zero-order valence-corrected chi connectivity index (χ0v) is 18.1. The maximum Gasteiger partial charge on any atom is 0.446 e. The van der Waals surface area contributed by atoms with Crippen molar-refractivity contribution in [1.82, 2.24) is 19.7 Å². The van der Waals surface area contributed by atoms with Gasteiger partial charge in [-0.15, -0.1) is 22.0 Å². The molecule has 3 aromatic rings. The number of nitrogens with zero attached hydrogens (tertiary/aromatic N) is 4. The van der Waals surface area contributed by atoms with Crippen molar-refractivity contribution < 1.29 is 22.0 Å². The molecule has 2 heterocycles. The summed E-state index contributed by atoms with van der Waals surface area (Å²) in [5, 5.41) is 7.22. The first kappa shape index (κ1) is 22.4. The fourth-order valence-corrected chi connectivity index (χ4v) is 4.15. The summed E-state index contributed by atoms with van der Waals surface area (Å²) in [4.78, 5) is 5.15. The molecule has 0 aliphatic heterocycles. The molecular weight excluding hydrogens is 447 g/mol. The minimum Gasteiger partial charge on any atom is -0.307 e. The number of hydrogen-bond acceptors (Lipinski definition) is 4. The molecule has 32 heavy (non-hydrogen) atoms. The van der Waals surface area contributed by atoms with Gasteiger partial charge in [0.15, 0.2) is 11.6 Å². The Morgan fingerprint density at radius 3 is 2.38 bits per heavy atom. The Bertz CT molecular complexity index is 1160. The zero-order chi connectivity index (χ0) is 23.0. The number of pyridine rings is 1. The number of alkyl halides is 3. The molecule has 1 saturated carbocycles. The molecule has 1 fully saturated rings. The van der Waals surface area contributed by atoms with E-state index in [1.807, 2.05) is 25.1 Å². The van der Waals surface area contributed by atoms with Crippen LogP contribution in [0.15, 0.2) is 47.3 Å². The molecule has 0 spiro atoms. The Labute approximate surface area is 185 Å². The fraction of sp³-hybridized carbons (Fsp3) is 0.318. The van der Waals surface area contributed by atoms with Crippen molar-refractivity contribution in [1.29, 1.82) is 0 Å². The van der Waals surface area contributed by atoms with Crippen molar-refractivity contribution >= 4 is 17.6 Å². The van der Waals surface area contributed by atoms with Crippen LogP contribution in [0.1, 0.15) is 37.1 Å². The van der Waals surface area contributed by atoms with Crippen molar-refractivity contribution in [3.8, 4) is 22.6 Å². The summed E-state index contributed by atoms with van der Waals surface area (Å²) in [7, 11) is 1.26. The first-order valence-corrected chi connectivity index (χ1v) is 10.9. The van der Waals surface area contributed by atoms with E-state index >= 15 is 0 Å². The van der Waals surface area contributed by atoms with Gasteiger partial charge in [0.2, 0.25) is 11.7 Å². The first-order valence-electron chi connectivity index (χ1n) is 9.96. The molecule has 0 radical (unpaired) electrons. The highest BCUT2D eigenvalue weighted by Gasteiger charge is 2.40. The maximum absolute atomic E-state index is 14.1. The molecule has 1 aliphatic rings. The van der Waals surface area contributed by atoms with E-state index < -0.39 is 23.7 Å². The van der Waals surface area contributed by atoms with Crippen LogP contribution in [0.5, 0.6) is 0 Å². The molecule has 2 aromatic heterocycles. The van der Waals surface area contributed by atoms with Gasteiger partial charge in [0.05, 0.1) is 0 Å². The van der Waals surface area contributed by atoms with Crippen molar-refractivity contribution in [2.24, 2.45) is 7.05 Å². The van der Waals surface area contributed by atoms with Gasteiger partial charge in [0, 0.05) is 23.7 Å². The number of halogens is 5. The summed E-state index contributed by atoms with van der Waals surface area (Å²) in [6.45, 7) is 1.94. The molecule has 168 valence electrons. The van der Waals surface area contributed by atoms with Crippen molar-refractivity contribution in [2.45, 2.75) is 36.8 Å². The lowest BCUT2D eigenvalue weighted by Crippen LogP contribution is -2.11. The van der Waals surface area contributed by atoms with E-state index in [0.29, 0.717) is 22.3 Å². The molecule has 0 bridgehead atoms. The molecule has 4 nitrogen and oxygen atoms in total. The van der Waals surface area contributed by atoms with Gasteiger partial charge in [-0.1, -0.05) is 31.2 Å². The van der Waals surface area contributed by atoms with Crippen molar-refractivity contribution in [2.75, 3.05) is 5.75 Å². The van der Waals surface area contributed by atoms with E-state index in [-0.39, 0.29) is 5.82 Å². The summed E-state index contributed by atoms with van der Waals surface area (Å²) in [6, 6.07) is 10.2. The van der Waals surface area contributed by atoms with E-state index in [2.05, 4.69) is 27.3 Å². The lowest BCUT2D eigenvalue weighted by molar-refractivity contribution is -0.108. The van der Waals surface area contributed by atoms with Crippen LogP contribution in [-0.2, 0) is 7.05 Å². The van der Waals surface area contributed by atoms with E-state index in [1.165, 1.54) is 37.2 Å². The van der Waals surface area contributed by atoms with Crippen molar-refractivity contribution in [3.05, 3.63) is 53.7 Å². The van der Waals surface area contributed by atoms with Crippen LogP contribution in [0.25, 0.3) is 28.5 Å². The second kappa shape index (κ2) is 8.65. The lowest BCUT2D eigenvalue weighted by Gasteiger charge is -2.11. The van der Waals surface area contributed by atoms with Crippen LogP contribution in [0.3, 0.4) is 0 Å². The second-order valence-electron chi connectivity index (χ2n) is 7.43. The van der Waals surface area contributed by atoms with Crippen LogP contribution in [0.2, 0.25) is 0 Å². The van der Waals surface area contributed by atoms with E-state index in [9.17, 15) is 22.0 Å². The quantitative estimate of drug-likeness (QED) is 0.299. The minimum atomic E-state index is -5.45. The predicted molar refractivity (Wildman–Crippen MR) is 113 cm³/mol. The Morgan fingerprint density at radius 2 is 1.78 bits per heavy atom. The molecule has 0 saturated heterocycles. The lowest BCUT2D eigenvalue weighted by atomic mass is 10.0. The molecular formula is C22H19F5N4S. The zero-order valence-electron chi connectivity index (χ0n) is 17.2. The van der Waals surface area contributed by atoms with Gasteiger partial charge >= 0.3 is 6.18 Å². The standard InChI is InChI=1S/C22H19F5N4S/c1-3-32-16-10-15(14-8-6-13(7-9-14)12-4-5-12)11-28-18(16)21-30-29-20(31(21)2)17(23)19(24)22(25,26)27/h6-12H,3-5H2,1-2H3/b19-17-. The average molecular weight is 466 g/mol. The summed E-state index contributed by atoms with van der Waals surface area (Å²) in [6.07, 6.45) is -1.39.